The molecule has 0 spiro atoms. The lowest BCUT2D eigenvalue weighted by Crippen LogP contribution is -2.56. The number of nitrogens with zero attached hydrogens (tertiary/aromatic N) is 5. The van der Waals surface area contributed by atoms with Crippen LogP contribution in [0.2, 0.25) is 10.0 Å². The summed E-state index contributed by atoms with van der Waals surface area (Å²) in [5.74, 6) is 1.24. The van der Waals surface area contributed by atoms with Crippen molar-refractivity contribution in [2.75, 3.05) is 50.5 Å². The lowest BCUT2D eigenvalue weighted by atomic mass is 10.1. The second-order valence-electron chi connectivity index (χ2n) is 8.86. The third-order valence-electron chi connectivity index (χ3n) is 6.03. The first-order valence-corrected chi connectivity index (χ1v) is 14.2. The Morgan fingerprint density at radius 3 is 2.27 bits per heavy atom. The number of anilines is 1. The predicted octanol–water partition coefficient (Wildman–Crippen LogP) is 3.63. The predicted molar refractivity (Wildman–Crippen MR) is 140 cm³/mol. The Morgan fingerprint density at radius 1 is 1.00 bits per heavy atom. The molecule has 0 aliphatic carbocycles. The third-order valence-corrected chi connectivity index (χ3v) is 7.01. The molecule has 1 aromatic carbocycles. The summed E-state index contributed by atoms with van der Waals surface area (Å²) in [4.78, 5) is 18.1. The van der Waals surface area contributed by atoms with E-state index in [0.29, 0.717) is 44.6 Å². The number of ether oxygens (including phenoxy) is 2. The van der Waals surface area contributed by atoms with Crippen LogP contribution in [0.1, 0.15) is 5.56 Å². The van der Waals surface area contributed by atoms with Crippen LogP contribution in [0.25, 0.3) is 11.3 Å². The molecule has 0 unspecified atom stereocenters. The van der Waals surface area contributed by atoms with Crippen LogP contribution in [-0.4, -0.2) is 80.0 Å². The quantitative estimate of drug-likeness (QED) is 0.375. The van der Waals surface area contributed by atoms with Crippen LogP contribution in [0.15, 0.2) is 42.7 Å². The van der Waals surface area contributed by atoms with Gasteiger partial charge in [-0.15, -0.1) is 0 Å². The summed E-state index contributed by atoms with van der Waals surface area (Å²) >= 11 is 12.3. The number of hydrogen-bond acceptors (Lipinski definition) is 10. The summed E-state index contributed by atoms with van der Waals surface area (Å²) in [7, 11) is -3.64. The highest BCUT2D eigenvalue weighted by atomic mass is 35.5. The molecule has 0 atom stereocenters. The van der Waals surface area contributed by atoms with E-state index >= 15 is 0 Å². The number of pyridine rings is 1. The van der Waals surface area contributed by atoms with E-state index in [1.54, 1.807) is 42.7 Å². The number of hydrogen-bond donors (Lipinski definition) is 0. The van der Waals surface area contributed by atoms with Gasteiger partial charge in [0, 0.05) is 47.9 Å². The number of piperazine rings is 1. The fraction of sp³-hybridized carbons (Fsp3) is 0.375. The monoisotopic (exact) mass is 565 g/mol. The van der Waals surface area contributed by atoms with E-state index in [1.165, 1.54) is 0 Å². The highest BCUT2D eigenvalue weighted by Crippen LogP contribution is 2.30. The summed E-state index contributed by atoms with van der Waals surface area (Å²) in [5.41, 5.74) is 1.66. The maximum Gasteiger partial charge on any atom is 0.264 e. The largest absolute Gasteiger partial charge is 0.436 e. The van der Waals surface area contributed by atoms with Gasteiger partial charge in [0.15, 0.2) is 5.75 Å². The summed E-state index contributed by atoms with van der Waals surface area (Å²) < 4.78 is 39.3. The van der Waals surface area contributed by atoms with E-state index in [4.69, 9.17) is 36.9 Å². The second-order valence-corrected chi connectivity index (χ2v) is 11.4. The molecule has 3 aromatic rings. The molecule has 2 aliphatic rings. The molecular weight excluding hydrogens is 541 g/mol. The molecule has 2 fully saturated rings. The normalized spacial score (nSPS) is 17.0. The molecule has 5 rings (SSSR count). The molecule has 4 heterocycles. The van der Waals surface area contributed by atoms with Crippen molar-refractivity contribution < 1.29 is 22.1 Å². The zero-order valence-electron chi connectivity index (χ0n) is 20.0. The number of rotatable bonds is 8. The van der Waals surface area contributed by atoms with Gasteiger partial charge in [0.25, 0.3) is 10.1 Å². The highest BCUT2D eigenvalue weighted by molar-refractivity contribution is 7.85. The Kier molecular flexibility index (Phi) is 7.80. The van der Waals surface area contributed by atoms with Crippen LogP contribution in [0.5, 0.6) is 11.6 Å². The van der Waals surface area contributed by atoms with E-state index in [2.05, 4.69) is 24.8 Å². The van der Waals surface area contributed by atoms with Gasteiger partial charge in [-0.2, -0.15) is 8.42 Å². The lowest BCUT2D eigenvalue weighted by molar-refractivity contribution is -0.0661. The smallest absolute Gasteiger partial charge is 0.264 e. The Bertz CT molecular complexity index is 1340. The minimum absolute atomic E-state index is 0.187. The third kappa shape index (κ3) is 6.86. The van der Waals surface area contributed by atoms with E-state index in [9.17, 15) is 8.42 Å². The molecule has 0 saturated carbocycles. The standard InChI is InChI=1S/C24H25Cl2N5O5S/c1-37(32,33)35-13-16-6-22(17-8-18(25)10-19(26)9-17)29-23(7-16)36-21-11-27-24(28-12-21)31-4-2-30(3-5-31)20-14-34-15-20/h6-12,20H,2-5,13-15H2,1H3. The topological polar surface area (TPSA) is 107 Å². The lowest BCUT2D eigenvalue weighted by Gasteiger charge is -2.42. The molecule has 2 saturated heterocycles. The maximum atomic E-state index is 11.5. The van der Waals surface area contributed by atoms with Crippen molar-refractivity contribution in [1.29, 1.82) is 0 Å². The second kappa shape index (κ2) is 11.1. The van der Waals surface area contributed by atoms with Crippen LogP contribution >= 0.6 is 23.2 Å². The number of benzene rings is 1. The Balaban J connectivity index is 1.33. The molecule has 0 N–H and O–H groups in total. The SMILES string of the molecule is CS(=O)(=O)OCc1cc(Oc2cnc(N3CCN(C4COC4)CC3)nc2)nc(-c2cc(Cl)cc(Cl)c2)c1. The first kappa shape index (κ1) is 26.1. The summed E-state index contributed by atoms with van der Waals surface area (Å²) in [6, 6.07) is 8.83. The minimum Gasteiger partial charge on any atom is -0.436 e. The minimum atomic E-state index is -3.64. The maximum absolute atomic E-state index is 11.5. The van der Waals surface area contributed by atoms with Gasteiger partial charge in [-0.25, -0.2) is 15.0 Å². The molecule has 10 nitrogen and oxygen atoms in total. The van der Waals surface area contributed by atoms with Crippen molar-refractivity contribution in [3.63, 3.8) is 0 Å². The van der Waals surface area contributed by atoms with Crippen molar-refractivity contribution in [3.05, 3.63) is 58.3 Å². The summed E-state index contributed by atoms with van der Waals surface area (Å²) in [6.45, 7) is 5.00. The van der Waals surface area contributed by atoms with Crippen molar-refractivity contribution in [2.45, 2.75) is 12.6 Å². The molecule has 196 valence electrons. The zero-order valence-corrected chi connectivity index (χ0v) is 22.3. The fourth-order valence-electron chi connectivity index (χ4n) is 4.09. The van der Waals surface area contributed by atoms with Crippen LogP contribution in [-0.2, 0) is 25.6 Å². The van der Waals surface area contributed by atoms with E-state index in [1.807, 2.05) is 0 Å². The van der Waals surface area contributed by atoms with Gasteiger partial charge in [0.05, 0.1) is 50.2 Å². The van der Waals surface area contributed by atoms with Crippen molar-refractivity contribution in [3.8, 4) is 22.9 Å². The number of halogens is 2. The first-order valence-electron chi connectivity index (χ1n) is 11.6. The van der Waals surface area contributed by atoms with Gasteiger partial charge >= 0.3 is 0 Å². The fourth-order valence-corrected chi connectivity index (χ4v) is 4.96. The molecule has 37 heavy (non-hydrogen) atoms. The van der Waals surface area contributed by atoms with Gasteiger partial charge in [-0.3, -0.25) is 9.08 Å². The molecular formula is C24H25Cl2N5O5S. The number of aromatic nitrogens is 3. The van der Waals surface area contributed by atoms with E-state index in [0.717, 1.165) is 45.6 Å². The Labute approximate surface area is 225 Å². The zero-order chi connectivity index (χ0) is 26.0. The van der Waals surface area contributed by atoms with Crippen molar-refractivity contribution in [1.82, 2.24) is 19.9 Å². The van der Waals surface area contributed by atoms with Crippen LogP contribution in [0.4, 0.5) is 5.95 Å². The van der Waals surface area contributed by atoms with E-state index < -0.39 is 10.1 Å². The van der Waals surface area contributed by atoms with Gasteiger partial charge in [0.1, 0.15) is 0 Å². The average molecular weight is 566 g/mol. The molecule has 0 bridgehead atoms. The summed E-state index contributed by atoms with van der Waals surface area (Å²) in [5, 5.41) is 0.880. The first-order chi connectivity index (χ1) is 17.7. The molecule has 2 aliphatic heterocycles. The van der Waals surface area contributed by atoms with Crippen molar-refractivity contribution >= 4 is 39.3 Å². The molecule has 2 aromatic heterocycles. The van der Waals surface area contributed by atoms with Gasteiger partial charge in [-0.05, 0) is 29.8 Å². The van der Waals surface area contributed by atoms with Gasteiger partial charge in [-0.1, -0.05) is 23.2 Å². The van der Waals surface area contributed by atoms with E-state index in [-0.39, 0.29) is 12.5 Å². The van der Waals surface area contributed by atoms with Gasteiger partial charge in [0.2, 0.25) is 11.8 Å². The molecule has 13 heteroatoms. The van der Waals surface area contributed by atoms with Gasteiger partial charge < -0.3 is 14.4 Å². The molecule has 0 amide bonds. The van der Waals surface area contributed by atoms with Crippen molar-refractivity contribution in [2.24, 2.45) is 0 Å². The average Bonchev–Trinajstić information content (AvgIpc) is 2.82. The van der Waals surface area contributed by atoms with Crippen LogP contribution in [0, 0.1) is 0 Å². The van der Waals surface area contributed by atoms with Crippen LogP contribution < -0.4 is 9.64 Å². The Hall–Kier alpha value is -2.54. The van der Waals surface area contributed by atoms with Crippen LogP contribution in [0.3, 0.4) is 0 Å². The summed E-state index contributed by atoms with van der Waals surface area (Å²) in [6.07, 6.45) is 4.17. The Morgan fingerprint density at radius 2 is 1.68 bits per heavy atom. The molecule has 0 radical (unpaired) electrons. The highest BCUT2D eigenvalue weighted by Gasteiger charge is 2.29.